The van der Waals surface area contributed by atoms with Gasteiger partial charge in [-0.3, -0.25) is 4.79 Å². The Morgan fingerprint density at radius 2 is 1.74 bits per heavy atom. The van der Waals surface area contributed by atoms with Gasteiger partial charge >= 0.3 is 5.97 Å². The number of hydrogen-bond donors (Lipinski definition) is 1. The highest BCUT2D eigenvalue weighted by atomic mass is 28.4. The molecule has 0 bridgehead atoms. The molecule has 0 aromatic carbocycles. The fraction of sp³-hybridized carbons (Fsp3) is 0.944. The van der Waals surface area contributed by atoms with Gasteiger partial charge in [-0.05, 0) is 24.1 Å². The molecule has 0 amide bonds. The summed E-state index contributed by atoms with van der Waals surface area (Å²) in [7, 11) is -1.94. The maximum atomic E-state index is 12.0. The molecule has 2 aliphatic rings. The summed E-state index contributed by atoms with van der Waals surface area (Å²) in [6.45, 7) is 17.2. The van der Waals surface area contributed by atoms with E-state index in [1.807, 2.05) is 13.8 Å². The van der Waals surface area contributed by atoms with Crippen LogP contribution < -0.4 is 0 Å². The standard InChI is InChI=1S/C18H34O4Si/c1-10-13(22-23(7,8)18(4,5)6)9-14-15(11(2)16(10)19)12(3)17(20)21-14/h10-16,19H,9H2,1-8H3/t10-,11+,12+,13+,14+,15+,16-/m0/s1. The first-order valence-electron chi connectivity index (χ1n) is 8.93. The van der Waals surface area contributed by atoms with E-state index in [4.69, 9.17) is 9.16 Å². The number of carbonyl (C=O) groups is 1. The van der Waals surface area contributed by atoms with Crippen molar-refractivity contribution in [3.8, 4) is 0 Å². The van der Waals surface area contributed by atoms with Crippen molar-refractivity contribution < 1.29 is 19.1 Å². The minimum absolute atomic E-state index is 0.0458. The van der Waals surface area contributed by atoms with Gasteiger partial charge in [-0.1, -0.05) is 41.5 Å². The Balaban J connectivity index is 2.26. The third kappa shape index (κ3) is 3.38. The minimum Gasteiger partial charge on any atom is -0.462 e. The highest BCUT2D eigenvalue weighted by Crippen LogP contribution is 2.46. The number of hydrogen-bond acceptors (Lipinski definition) is 4. The molecule has 0 spiro atoms. The zero-order valence-corrected chi connectivity index (χ0v) is 16.9. The number of aliphatic hydroxyl groups is 1. The molecule has 1 aliphatic carbocycles. The molecule has 5 heteroatoms. The maximum absolute atomic E-state index is 12.0. The fourth-order valence-electron chi connectivity index (χ4n) is 3.89. The molecule has 0 unspecified atom stereocenters. The molecule has 1 heterocycles. The number of rotatable bonds is 2. The number of aliphatic hydroxyl groups excluding tert-OH is 1. The van der Waals surface area contributed by atoms with E-state index < -0.39 is 14.4 Å². The van der Waals surface area contributed by atoms with Crippen LogP contribution in [0, 0.1) is 23.7 Å². The van der Waals surface area contributed by atoms with Crippen LogP contribution in [0.3, 0.4) is 0 Å². The first-order chi connectivity index (χ1) is 10.4. The molecule has 4 nitrogen and oxygen atoms in total. The molecule has 0 aromatic heterocycles. The molecular formula is C18H34O4Si. The van der Waals surface area contributed by atoms with Crippen molar-refractivity contribution in [3.05, 3.63) is 0 Å². The Morgan fingerprint density at radius 3 is 2.26 bits per heavy atom. The molecule has 2 fully saturated rings. The summed E-state index contributed by atoms with van der Waals surface area (Å²) >= 11 is 0. The van der Waals surface area contributed by atoms with Gasteiger partial charge in [0.05, 0.1) is 18.1 Å². The van der Waals surface area contributed by atoms with Crippen molar-refractivity contribution in [2.24, 2.45) is 23.7 Å². The zero-order chi connectivity index (χ0) is 17.7. The van der Waals surface area contributed by atoms with Crippen LogP contribution >= 0.6 is 0 Å². The summed E-state index contributed by atoms with van der Waals surface area (Å²) < 4.78 is 12.3. The van der Waals surface area contributed by atoms with Gasteiger partial charge in [0.25, 0.3) is 0 Å². The lowest BCUT2D eigenvalue weighted by Gasteiger charge is -2.41. The number of esters is 1. The molecule has 0 radical (unpaired) electrons. The molecule has 1 aliphatic heterocycles. The summed E-state index contributed by atoms with van der Waals surface area (Å²) in [5, 5.41) is 10.9. The van der Waals surface area contributed by atoms with E-state index in [0.29, 0.717) is 6.42 Å². The number of carbonyl (C=O) groups excluding carboxylic acids is 1. The maximum Gasteiger partial charge on any atom is 0.309 e. The SMILES string of the molecule is C[C@@H]1[C@H](O)[C@H](C)[C@H]2[C@@H](C[C@H]1O[Si](C)(C)C(C)(C)C)OC(=O)[C@@H]2C. The van der Waals surface area contributed by atoms with Crippen molar-refractivity contribution in [2.45, 2.75) is 84.4 Å². The van der Waals surface area contributed by atoms with E-state index in [1.165, 1.54) is 0 Å². The summed E-state index contributed by atoms with van der Waals surface area (Å²) in [5.74, 6) is -0.0730. The van der Waals surface area contributed by atoms with Crippen LogP contribution in [0.1, 0.15) is 48.0 Å². The Labute approximate surface area is 142 Å². The van der Waals surface area contributed by atoms with Crippen molar-refractivity contribution in [1.29, 1.82) is 0 Å². The summed E-state index contributed by atoms with van der Waals surface area (Å²) in [4.78, 5) is 12.0. The lowest BCUT2D eigenvalue weighted by Crippen LogP contribution is -2.47. The second-order valence-electron chi connectivity index (χ2n) is 9.20. The normalized spacial score (nSPS) is 42.1. The lowest BCUT2D eigenvalue weighted by atomic mass is 9.78. The van der Waals surface area contributed by atoms with Crippen LogP contribution in [0.5, 0.6) is 0 Å². The van der Waals surface area contributed by atoms with Crippen LogP contribution in [-0.2, 0) is 14.0 Å². The average molecular weight is 343 g/mol. The van der Waals surface area contributed by atoms with E-state index >= 15 is 0 Å². The molecule has 134 valence electrons. The van der Waals surface area contributed by atoms with E-state index in [-0.39, 0.29) is 46.9 Å². The Bertz CT molecular complexity index is 456. The smallest absolute Gasteiger partial charge is 0.309 e. The molecule has 1 saturated heterocycles. The summed E-state index contributed by atoms with van der Waals surface area (Å²) in [6, 6.07) is 0. The Morgan fingerprint density at radius 1 is 1.17 bits per heavy atom. The monoisotopic (exact) mass is 342 g/mol. The number of ether oxygens (including phenoxy) is 1. The Hall–Kier alpha value is -0.393. The van der Waals surface area contributed by atoms with Gasteiger partial charge in [0.15, 0.2) is 8.32 Å². The molecule has 2 rings (SSSR count). The predicted octanol–water partition coefficient (Wildman–Crippen LogP) is 3.59. The first kappa shape index (κ1) is 18.9. The van der Waals surface area contributed by atoms with Gasteiger partial charge < -0.3 is 14.3 Å². The number of fused-ring (bicyclic) bond motifs is 1. The molecule has 0 aromatic rings. The summed E-state index contributed by atoms with van der Waals surface area (Å²) in [5.41, 5.74) is 0. The molecule has 1 N–H and O–H groups in total. The van der Waals surface area contributed by atoms with Crippen molar-refractivity contribution >= 4 is 14.3 Å². The minimum atomic E-state index is -1.94. The Kier molecular flexibility index (Phi) is 5.07. The highest BCUT2D eigenvalue weighted by Gasteiger charge is 2.52. The zero-order valence-electron chi connectivity index (χ0n) is 15.9. The lowest BCUT2D eigenvalue weighted by molar-refractivity contribution is -0.144. The van der Waals surface area contributed by atoms with Crippen LogP contribution in [0.2, 0.25) is 18.1 Å². The molecule has 23 heavy (non-hydrogen) atoms. The van der Waals surface area contributed by atoms with E-state index in [9.17, 15) is 9.90 Å². The fourth-order valence-corrected chi connectivity index (χ4v) is 5.32. The first-order valence-corrected chi connectivity index (χ1v) is 11.8. The average Bonchev–Trinajstić information content (AvgIpc) is 2.65. The highest BCUT2D eigenvalue weighted by molar-refractivity contribution is 6.74. The predicted molar refractivity (Wildman–Crippen MR) is 93.6 cm³/mol. The van der Waals surface area contributed by atoms with Crippen molar-refractivity contribution in [3.63, 3.8) is 0 Å². The van der Waals surface area contributed by atoms with Crippen molar-refractivity contribution in [1.82, 2.24) is 0 Å². The van der Waals surface area contributed by atoms with Crippen LogP contribution in [0.15, 0.2) is 0 Å². The van der Waals surface area contributed by atoms with E-state index in [0.717, 1.165) is 0 Å². The van der Waals surface area contributed by atoms with Crippen LogP contribution in [0.25, 0.3) is 0 Å². The van der Waals surface area contributed by atoms with Gasteiger partial charge in [0.2, 0.25) is 0 Å². The third-order valence-corrected chi connectivity index (χ3v) is 11.1. The van der Waals surface area contributed by atoms with Crippen LogP contribution in [0.4, 0.5) is 0 Å². The molecule has 1 saturated carbocycles. The van der Waals surface area contributed by atoms with Crippen LogP contribution in [-0.4, -0.2) is 37.7 Å². The van der Waals surface area contributed by atoms with Gasteiger partial charge in [-0.25, -0.2) is 0 Å². The van der Waals surface area contributed by atoms with Gasteiger partial charge in [-0.2, -0.15) is 0 Å². The third-order valence-electron chi connectivity index (χ3n) is 6.63. The van der Waals surface area contributed by atoms with E-state index in [1.54, 1.807) is 0 Å². The summed E-state index contributed by atoms with van der Waals surface area (Å²) in [6.07, 6.45) is 0.0653. The van der Waals surface area contributed by atoms with Gasteiger partial charge in [0.1, 0.15) is 6.10 Å². The molecule has 7 atom stereocenters. The second kappa shape index (κ2) is 6.16. The largest absolute Gasteiger partial charge is 0.462 e. The van der Waals surface area contributed by atoms with Crippen molar-refractivity contribution in [2.75, 3.05) is 0 Å². The van der Waals surface area contributed by atoms with E-state index in [2.05, 4.69) is 40.8 Å². The quantitative estimate of drug-likeness (QED) is 0.615. The van der Waals surface area contributed by atoms with Gasteiger partial charge in [-0.15, -0.1) is 0 Å². The molecular weight excluding hydrogens is 308 g/mol. The van der Waals surface area contributed by atoms with Gasteiger partial charge in [0, 0.05) is 18.3 Å². The second-order valence-corrected chi connectivity index (χ2v) is 14.0. The topological polar surface area (TPSA) is 55.8 Å².